The number of nitrogens with two attached hydrogens (primary N) is 1. The van der Waals surface area contributed by atoms with Gasteiger partial charge in [0.2, 0.25) is 0 Å². The van der Waals surface area contributed by atoms with E-state index in [2.05, 4.69) is 28.1 Å². The van der Waals surface area contributed by atoms with Crippen molar-refractivity contribution in [2.75, 3.05) is 0 Å². The molecule has 5 heteroatoms. The molecule has 1 aromatic carbocycles. The second-order valence-electron chi connectivity index (χ2n) is 2.49. The second kappa shape index (κ2) is 4.11. The lowest BCUT2D eigenvalue weighted by molar-refractivity contribution is 0.563. The summed E-state index contributed by atoms with van der Waals surface area (Å²) in [6, 6.07) is 2.35. The average Bonchev–Trinajstić information content (AvgIpc) is 1.96. The first-order valence-corrected chi connectivity index (χ1v) is 4.62. The monoisotopic (exact) mass is 265 g/mol. The Morgan fingerprint density at radius 3 is 2.23 bits per heavy atom. The maximum absolute atomic E-state index is 13.1. The fraction of sp³-hybridized carbons (Fsp3) is 0.125. The van der Waals surface area contributed by atoms with Crippen LogP contribution in [0, 0.1) is 11.6 Å². The molecule has 0 aliphatic heterocycles. The average molecular weight is 266 g/mol. The van der Waals surface area contributed by atoms with Crippen LogP contribution in [0.2, 0.25) is 0 Å². The van der Waals surface area contributed by atoms with Crippen LogP contribution in [0.25, 0.3) is 0 Å². The van der Waals surface area contributed by atoms with Crippen molar-refractivity contribution >= 4 is 33.1 Å². The van der Waals surface area contributed by atoms with Crippen molar-refractivity contribution in [1.29, 1.82) is 0 Å². The maximum atomic E-state index is 13.1. The van der Waals surface area contributed by atoms with E-state index in [0.29, 0.717) is 4.47 Å². The lowest BCUT2D eigenvalue weighted by Gasteiger charge is -2.03. The molecule has 0 unspecified atom stereocenters. The summed E-state index contributed by atoms with van der Waals surface area (Å²) in [6.45, 7) is 0. The van der Waals surface area contributed by atoms with Gasteiger partial charge in [-0.25, -0.2) is 8.78 Å². The van der Waals surface area contributed by atoms with Gasteiger partial charge in [-0.2, -0.15) is 0 Å². The fourth-order valence-electron chi connectivity index (χ4n) is 0.915. The zero-order chi connectivity index (χ0) is 10.0. The van der Waals surface area contributed by atoms with Gasteiger partial charge in [0.25, 0.3) is 0 Å². The molecule has 0 radical (unpaired) electrons. The van der Waals surface area contributed by atoms with Crippen molar-refractivity contribution in [1.82, 2.24) is 0 Å². The third kappa shape index (κ3) is 2.70. The Hall–Kier alpha value is -0.550. The lowest BCUT2D eigenvalue weighted by Crippen LogP contribution is -2.13. The summed E-state index contributed by atoms with van der Waals surface area (Å²) in [4.78, 5) is 0.0696. The molecule has 1 rings (SSSR count). The first-order valence-electron chi connectivity index (χ1n) is 3.42. The van der Waals surface area contributed by atoms with E-state index in [-0.39, 0.29) is 17.0 Å². The minimum atomic E-state index is -0.639. The second-order valence-corrected chi connectivity index (χ2v) is 3.93. The molecule has 2 N–H and O–H groups in total. The van der Waals surface area contributed by atoms with Crippen molar-refractivity contribution in [3.05, 3.63) is 33.8 Å². The van der Waals surface area contributed by atoms with E-state index < -0.39 is 11.6 Å². The van der Waals surface area contributed by atoms with Gasteiger partial charge in [0.05, 0.1) is 4.99 Å². The fourth-order valence-corrected chi connectivity index (χ4v) is 1.46. The van der Waals surface area contributed by atoms with Crippen molar-refractivity contribution in [3.8, 4) is 0 Å². The molecule has 0 spiro atoms. The summed E-state index contributed by atoms with van der Waals surface area (Å²) in [5, 5.41) is 0. The molecule has 0 amide bonds. The number of hydrogen-bond donors (Lipinski definition) is 1. The first-order chi connectivity index (χ1) is 6.00. The number of hydrogen-bond acceptors (Lipinski definition) is 1. The standard InChI is InChI=1S/C8H6BrF2NS/c9-4-1-6(10)5(3-8(12)13)7(11)2-4/h1-2H,3H2,(H2,12,13). The molecule has 0 saturated heterocycles. The highest BCUT2D eigenvalue weighted by molar-refractivity contribution is 9.10. The molecule has 0 atom stereocenters. The molecule has 1 aromatic rings. The zero-order valence-corrected chi connectivity index (χ0v) is 8.88. The highest BCUT2D eigenvalue weighted by Gasteiger charge is 2.10. The third-order valence-electron chi connectivity index (χ3n) is 1.46. The smallest absolute Gasteiger partial charge is 0.130 e. The Balaban J connectivity index is 3.13. The number of benzene rings is 1. The van der Waals surface area contributed by atoms with Gasteiger partial charge in [0, 0.05) is 16.5 Å². The van der Waals surface area contributed by atoms with Crippen LogP contribution in [0.3, 0.4) is 0 Å². The quantitative estimate of drug-likeness (QED) is 0.832. The minimum absolute atomic E-state index is 0.0553. The zero-order valence-electron chi connectivity index (χ0n) is 6.48. The molecular weight excluding hydrogens is 260 g/mol. The van der Waals surface area contributed by atoms with Crippen LogP contribution < -0.4 is 5.73 Å². The molecular formula is C8H6BrF2NS. The van der Waals surface area contributed by atoms with Crippen LogP contribution in [0.15, 0.2) is 16.6 Å². The summed E-state index contributed by atoms with van der Waals surface area (Å²) < 4.78 is 26.5. The lowest BCUT2D eigenvalue weighted by atomic mass is 10.1. The molecule has 0 aromatic heterocycles. The van der Waals surface area contributed by atoms with E-state index in [0.717, 1.165) is 0 Å². The summed E-state index contributed by atoms with van der Waals surface area (Å²) in [6.07, 6.45) is -0.0553. The van der Waals surface area contributed by atoms with Crippen molar-refractivity contribution in [2.24, 2.45) is 5.73 Å². The first kappa shape index (κ1) is 10.5. The third-order valence-corrected chi connectivity index (χ3v) is 2.06. The van der Waals surface area contributed by atoms with Gasteiger partial charge in [-0.3, -0.25) is 0 Å². The Morgan fingerprint density at radius 2 is 1.85 bits per heavy atom. The largest absolute Gasteiger partial charge is 0.393 e. The normalized spacial score (nSPS) is 10.1. The van der Waals surface area contributed by atoms with Crippen molar-refractivity contribution < 1.29 is 8.78 Å². The van der Waals surface area contributed by atoms with E-state index in [1.54, 1.807) is 0 Å². The van der Waals surface area contributed by atoms with Gasteiger partial charge in [-0.05, 0) is 12.1 Å². The van der Waals surface area contributed by atoms with E-state index in [4.69, 9.17) is 5.73 Å². The SMILES string of the molecule is NC(=S)Cc1c(F)cc(Br)cc1F. The Bertz CT molecular complexity index is 331. The Labute approximate surface area is 88.1 Å². The van der Waals surface area contributed by atoms with Crippen LogP contribution in [0.1, 0.15) is 5.56 Å². The minimum Gasteiger partial charge on any atom is -0.393 e. The molecule has 0 aliphatic rings. The predicted octanol–water partition coefficient (Wildman–Crippen LogP) is 2.56. The molecule has 0 heterocycles. The van der Waals surface area contributed by atoms with Gasteiger partial charge >= 0.3 is 0 Å². The van der Waals surface area contributed by atoms with Crippen molar-refractivity contribution in [3.63, 3.8) is 0 Å². The van der Waals surface area contributed by atoms with Gasteiger partial charge in [0.1, 0.15) is 11.6 Å². The number of rotatable bonds is 2. The van der Waals surface area contributed by atoms with E-state index >= 15 is 0 Å². The van der Waals surface area contributed by atoms with Crippen molar-refractivity contribution in [2.45, 2.75) is 6.42 Å². The van der Waals surface area contributed by atoms with Gasteiger partial charge in [-0.15, -0.1) is 0 Å². The molecule has 0 fully saturated rings. The van der Waals surface area contributed by atoms with Gasteiger partial charge in [0.15, 0.2) is 0 Å². The molecule has 13 heavy (non-hydrogen) atoms. The summed E-state index contributed by atoms with van der Waals surface area (Å²) in [5.74, 6) is -1.28. The summed E-state index contributed by atoms with van der Waals surface area (Å²) >= 11 is 7.53. The van der Waals surface area contributed by atoms with E-state index in [9.17, 15) is 8.78 Å². The topological polar surface area (TPSA) is 26.0 Å². The molecule has 0 bridgehead atoms. The molecule has 1 nitrogen and oxygen atoms in total. The number of halogens is 3. The Kier molecular flexibility index (Phi) is 3.33. The van der Waals surface area contributed by atoms with Gasteiger partial charge < -0.3 is 5.73 Å². The van der Waals surface area contributed by atoms with Crippen LogP contribution in [0.4, 0.5) is 8.78 Å². The highest BCUT2D eigenvalue weighted by Crippen LogP contribution is 2.19. The number of thiocarbonyl (C=S) groups is 1. The highest BCUT2D eigenvalue weighted by atomic mass is 79.9. The van der Waals surface area contributed by atoms with Crippen LogP contribution >= 0.6 is 28.1 Å². The summed E-state index contributed by atoms with van der Waals surface area (Å²) in [7, 11) is 0. The molecule has 70 valence electrons. The van der Waals surface area contributed by atoms with Crippen LogP contribution in [-0.4, -0.2) is 4.99 Å². The van der Waals surface area contributed by atoms with Gasteiger partial charge in [-0.1, -0.05) is 28.1 Å². The van der Waals surface area contributed by atoms with Crippen LogP contribution in [-0.2, 0) is 6.42 Å². The van der Waals surface area contributed by atoms with Crippen LogP contribution in [0.5, 0.6) is 0 Å². The predicted molar refractivity (Wildman–Crippen MR) is 54.5 cm³/mol. The van der Waals surface area contributed by atoms with E-state index in [1.807, 2.05) is 0 Å². The summed E-state index contributed by atoms with van der Waals surface area (Å²) in [5.41, 5.74) is 5.10. The van der Waals surface area contributed by atoms with E-state index in [1.165, 1.54) is 12.1 Å². The Morgan fingerprint density at radius 1 is 1.38 bits per heavy atom. The molecule has 0 aliphatic carbocycles. The maximum Gasteiger partial charge on any atom is 0.130 e. The molecule has 0 saturated carbocycles.